The molecule has 3 saturated carbocycles. The molecule has 0 N–H and O–H groups in total. The van der Waals surface area contributed by atoms with Crippen molar-refractivity contribution in [3.8, 4) is 0 Å². The van der Waals surface area contributed by atoms with Crippen molar-refractivity contribution in [1.82, 2.24) is 0 Å². The summed E-state index contributed by atoms with van der Waals surface area (Å²) in [4.78, 5) is 0. The fourth-order valence-corrected chi connectivity index (χ4v) is 8.69. The molecule has 0 aromatic rings. The molecule has 0 aliphatic heterocycles. The summed E-state index contributed by atoms with van der Waals surface area (Å²) < 4.78 is 0. The van der Waals surface area contributed by atoms with Crippen LogP contribution in [0.15, 0.2) is 0 Å². The van der Waals surface area contributed by atoms with Gasteiger partial charge in [-0.3, -0.25) is 0 Å². The van der Waals surface area contributed by atoms with Gasteiger partial charge in [0.2, 0.25) is 0 Å². The first-order chi connectivity index (χ1) is 22.5. The smallest absolute Gasteiger partial charge is 0.0380 e. The molecule has 6 unspecified atom stereocenters. The van der Waals surface area contributed by atoms with Crippen LogP contribution in [0.25, 0.3) is 0 Å². The maximum absolute atomic E-state index is 2.37. The summed E-state index contributed by atoms with van der Waals surface area (Å²) in [7, 11) is 0. The van der Waals surface area contributed by atoms with Crippen molar-refractivity contribution in [2.24, 2.45) is 46.3 Å². The number of rotatable bonds is 29. The highest BCUT2D eigenvalue weighted by Crippen LogP contribution is 2.54. The van der Waals surface area contributed by atoms with Gasteiger partial charge in [0.15, 0.2) is 0 Å². The van der Waals surface area contributed by atoms with Crippen molar-refractivity contribution in [2.75, 3.05) is 0 Å². The van der Waals surface area contributed by atoms with Crippen LogP contribution in [0.5, 0.6) is 0 Å². The van der Waals surface area contributed by atoms with Crippen LogP contribution in [-0.2, 0) is 0 Å². The van der Waals surface area contributed by atoms with E-state index in [1.54, 1.807) is 51.4 Å². The topological polar surface area (TPSA) is 0 Å². The van der Waals surface area contributed by atoms with E-state index in [2.05, 4.69) is 55.4 Å². The zero-order valence-corrected chi connectivity index (χ0v) is 34.4. The molecule has 0 nitrogen and oxygen atoms in total. The van der Waals surface area contributed by atoms with Gasteiger partial charge in [-0.2, -0.15) is 0 Å². The fraction of sp³-hybridized carbons (Fsp3) is 1.00. The van der Waals surface area contributed by atoms with Crippen molar-refractivity contribution in [3.63, 3.8) is 0 Å². The Kier molecular flexibility index (Phi) is 23.0. The Hall–Kier alpha value is 0. The van der Waals surface area contributed by atoms with E-state index >= 15 is 0 Å². The number of hydrogen-bond donors (Lipinski definition) is 0. The molecular weight excluding hydrogens is 565 g/mol. The van der Waals surface area contributed by atoms with Crippen molar-refractivity contribution in [2.45, 2.75) is 254 Å². The number of unbranched alkanes of at least 4 members (excludes halogenated alkanes) is 17. The van der Waals surface area contributed by atoms with E-state index in [1.807, 2.05) is 0 Å². The highest BCUT2D eigenvalue weighted by Gasteiger charge is 2.44. The second kappa shape index (κ2) is 25.0. The molecule has 0 aromatic heterocycles. The minimum absolute atomic E-state index is 0.539. The highest BCUT2D eigenvalue weighted by molar-refractivity contribution is 4.94. The highest BCUT2D eigenvalue weighted by atomic mass is 14.5. The van der Waals surface area contributed by atoms with Crippen molar-refractivity contribution >= 4 is 0 Å². The number of hydrogen-bond acceptors (Lipinski definition) is 0. The van der Waals surface area contributed by atoms with Crippen LogP contribution in [0.2, 0.25) is 0 Å². The molecule has 3 aliphatic rings. The molecule has 6 atom stereocenters. The third-order valence-electron chi connectivity index (χ3n) is 12.4. The molecule has 0 amide bonds. The molecule has 0 heteroatoms. The molecule has 0 bridgehead atoms. The Morgan fingerprint density at radius 1 is 0.319 bits per heavy atom. The normalized spacial score (nSPS) is 25.0. The average molecular weight is 657 g/mol. The first-order valence-corrected chi connectivity index (χ1v) is 22.5. The summed E-state index contributed by atoms with van der Waals surface area (Å²) in [6.45, 7) is 18.8. The molecule has 0 spiro atoms. The van der Waals surface area contributed by atoms with Gasteiger partial charge in [0.1, 0.15) is 0 Å². The Balaban J connectivity index is 0.000000327. The zero-order valence-electron chi connectivity index (χ0n) is 34.4. The summed E-state index contributed by atoms with van der Waals surface area (Å²) >= 11 is 0. The molecule has 0 radical (unpaired) electrons. The van der Waals surface area contributed by atoms with Gasteiger partial charge in [-0.1, -0.05) is 216 Å². The quantitative estimate of drug-likeness (QED) is 0.0703. The van der Waals surface area contributed by atoms with Crippen LogP contribution >= 0.6 is 0 Å². The molecule has 3 aliphatic carbocycles. The monoisotopic (exact) mass is 657 g/mol. The van der Waals surface area contributed by atoms with Gasteiger partial charge >= 0.3 is 0 Å². The molecule has 280 valence electrons. The first-order valence-electron chi connectivity index (χ1n) is 22.5. The van der Waals surface area contributed by atoms with Gasteiger partial charge in [0.05, 0.1) is 0 Å². The standard InChI is InChI=1S/C24H46.C23H46/c1-5-6-11-14-20-17-22(20)19-23-18-21(23)15-12-9-7-8-10-13-16-24(2,3)4;1-5-6-7-8-11-14-17-21-20-22(21)18-15-12-9-10-13-16-19-23(2,3)4/h20-23H,5-19H2,1-4H3;21-22H,5-20H2,1-4H3. The van der Waals surface area contributed by atoms with E-state index in [0.29, 0.717) is 10.8 Å². The van der Waals surface area contributed by atoms with E-state index in [4.69, 9.17) is 0 Å². The molecule has 3 rings (SSSR count). The summed E-state index contributed by atoms with van der Waals surface area (Å²) in [5, 5.41) is 0. The van der Waals surface area contributed by atoms with Crippen LogP contribution in [0.4, 0.5) is 0 Å². The largest absolute Gasteiger partial charge is 0.0654 e. The lowest BCUT2D eigenvalue weighted by atomic mass is 9.89. The van der Waals surface area contributed by atoms with Crippen LogP contribution in [0.3, 0.4) is 0 Å². The third kappa shape index (κ3) is 25.6. The van der Waals surface area contributed by atoms with Gasteiger partial charge in [-0.05, 0) is 84.9 Å². The second-order valence-electron chi connectivity index (χ2n) is 20.0. The molecular formula is C47H92. The lowest BCUT2D eigenvalue weighted by Gasteiger charge is -2.17. The van der Waals surface area contributed by atoms with Gasteiger partial charge in [0, 0.05) is 0 Å². The Morgan fingerprint density at radius 2 is 0.574 bits per heavy atom. The predicted molar refractivity (Wildman–Crippen MR) is 214 cm³/mol. The summed E-state index contributed by atoms with van der Waals surface area (Å²) in [5.41, 5.74) is 1.08. The summed E-state index contributed by atoms with van der Waals surface area (Å²) in [6, 6.07) is 0. The Bertz CT molecular complexity index is 705. The van der Waals surface area contributed by atoms with Crippen molar-refractivity contribution in [3.05, 3.63) is 0 Å². The van der Waals surface area contributed by atoms with Crippen LogP contribution in [0, 0.1) is 46.3 Å². The van der Waals surface area contributed by atoms with Gasteiger partial charge in [-0.25, -0.2) is 0 Å². The van der Waals surface area contributed by atoms with Gasteiger partial charge in [0.25, 0.3) is 0 Å². The lowest BCUT2D eigenvalue weighted by molar-refractivity contribution is 0.356. The SMILES string of the molecule is CCCCCC1CC1CC1CC1CCCCCCCCC(C)(C)C.CCCCCCCCC1CC1CCCCCCCCC(C)(C)C. The Labute approximate surface area is 300 Å². The minimum Gasteiger partial charge on any atom is -0.0654 e. The van der Waals surface area contributed by atoms with E-state index in [1.165, 1.54) is 148 Å². The predicted octanol–water partition coefficient (Wildman–Crippen LogP) is 16.9. The average Bonchev–Trinajstić information content (AvgIpc) is 3.93. The van der Waals surface area contributed by atoms with Crippen molar-refractivity contribution in [1.29, 1.82) is 0 Å². The van der Waals surface area contributed by atoms with Gasteiger partial charge < -0.3 is 0 Å². The van der Waals surface area contributed by atoms with Gasteiger partial charge in [-0.15, -0.1) is 0 Å². The van der Waals surface area contributed by atoms with E-state index in [9.17, 15) is 0 Å². The Morgan fingerprint density at radius 3 is 0.936 bits per heavy atom. The fourth-order valence-electron chi connectivity index (χ4n) is 8.69. The maximum Gasteiger partial charge on any atom is -0.0380 e. The molecule has 3 fully saturated rings. The lowest BCUT2D eigenvalue weighted by Crippen LogP contribution is -2.03. The van der Waals surface area contributed by atoms with Crippen LogP contribution < -0.4 is 0 Å². The van der Waals surface area contributed by atoms with E-state index < -0.39 is 0 Å². The molecule has 0 aromatic carbocycles. The van der Waals surface area contributed by atoms with E-state index in [0.717, 1.165) is 35.5 Å². The second-order valence-corrected chi connectivity index (χ2v) is 20.0. The third-order valence-corrected chi connectivity index (χ3v) is 12.4. The molecule has 47 heavy (non-hydrogen) atoms. The molecule has 0 heterocycles. The zero-order chi connectivity index (χ0) is 34.4. The van der Waals surface area contributed by atoms with Crippen LogP contribution in [-0.4, -0.2) is 0 Å². The van der Waals surface area contributed by atoms with Crippen molar-refractivity contribution < 1.29 is 0 Å². The van der Waals surface area contributed by atoms with Crippen LogP contribution in [0.1, 0.15) is 254 Å². The summed E-state index contributed by atoms with van der Waals surface area (Å²) in [5.74, 6) is 6.85. The first kappa shape index (κ1) is 43.2. The molecule has 0 saturated heterocycles. The van der Waals surface area contributed by atoms with E-state index in [-0.39, 0.29) is 0 Å². The maximum atomic E-state index is 2.37. The summed E-state index contributed by atoms with van der Waals surface area (Å²) in [6.07, 6.45) is 46.2. The minimum atomic E-state index is 0.539.